The molecule has 7 heteroatoms. The highest BCUT2D eigenvalue weighted by molar-refractivity contribution is 7.85. The summed E-state index contributed by atoms with van der Waals surface area (Å²) >= 11 is 0. The average molecular weight is 246 g/mol. The maximum absolute atomic E-state index is 10.5. The molecule has 0 saturated carbocycles. The molecule has 0 spiro atoms. The van der Waals surface area contributed by atoms with Gasteiger partial charge in [0.2, 0.25) is 0 Å². The third-order valence-corrected chi connectivity index (χ3v) is 2.05. The summed E-state index contributed by atoms with van der Waals surface area (Å²) in [6.07, 6.45) is 0. The number of hydrogen-bond acceptors (Lipinski definition) is 3. The minimum Gasteiger partial charge on any atom is -0.399 e. The van der Waals surface area contributed by atoms with Crippen molar-refractivity contribution in [3.63, 3.8) is 0 Å². The van der Waals surface area contributed by atoms with Crippen LogP contribution in [0.25, 0.3) is 0 Å². The van der Waals surface area contributed by atoms with Crippen LogP contribution in [0.5, 0.6) is 0 Å². The molecule has 0 saturated heterocycles. The van der Waals surface area contributed by atoms with Gasteiger partial charge in [0, 0.05) is 5.69 Å². The van der Waals surface area contributed by atoms with Gasteiger partial charge in [0.1, 0.15) is 0 Å². The number of anilines is 1. The van der Waals surface area contributed by atoms with Crippen molar-refractivity contribution < 1.29 is 13.0 Å². The highest BCUT2D eigenvalue weighted by Gasteiger charge is 2.06. The predicted molar refractivity (Wildman–Crippen MR) is 55.2 cm³/mol. The van der Waals surface area contributed by atoms with E-state index in [9.17, 15) is 8.42 Å². The molecule has 0 aliphatic heterocycles. The van der Waals surface area contributed by atoms with Crippen molar-refractivity contribution in [1.29, 1.82) is 0 Å². The van der Waals surface area contributed by atoms with E-state index in [1.165, 1.54) is 24.3 Å². The van der Waals surface area contributed by atoms with E-state index in [2.05, 4.69) is 0 Å². The van der Waals surface area contributed by atoms with Gasteiger partial charge in [-0.25, -0.2) is 0 Å². The molecule has 0 fully saturated rings. The van der Waals surface area contributed by atoms with Crippen LogP contribution in [-0.4, -0.2) is 13.0 Å². The van der Waals surface area contributed by atoms with Crippen LogP contribution in [0.15, 0.2) is 29.2 Å². The first-order valence-corrected chi connectivity index (χ1v) is 4.27. The zero-order chi connectivity index (χ0) is 8.48. The van der Waals surface area contributed by atoms with Gasteiger partial charge >= 0.3 is 0 Å². The first kappa shape index (κ1) is 15.0. The van der Waals surface area contributed by atoms with Crippen LogP contribution in [0.4, 0.5) is 5.69 Å². The van der Waals surface area contributed by atoms with Crippen molar-refractivity contribution in [3.8, 4) is 0 Å². The van der Waals surface area contributed by atoms with Crippen LogP contribution in [0.1, 0.15) is 0 Å². The number of rotatable bonds is 1. The fourth-order valence-corrected chi connectivity index (χ4v) is 1.12. The van der Waals surface area contributed by atoms with Gasteiger partial charge in [0.15, 0.2) is 0 Å². The molecule has 0 bridgehead atoms. The third kappa shape index (κ3) is 4.33. The molecule has 1 aromatic carbocycles. The Morgan fingerprint density at radius 1 is 1.08 bits per heavy atom. The van der Waals surface area contributed by atoms with E-state index in [-0.39, 0.29) is 29.7 Å². The van der Waals surface area contributed by atoms with Gasteiger partial charge in [0.05, 0.1) is 4.90 Å². The molecule has 0 heterocycles. The Morgan fingerprint density at radius 2 is 1.46 bits per heavy atom. The van der Waals surface area contributed by atoms with Crippen LogP contribution < -0.4 is 5.73 Å². The molecule has 0 unspecified atom stereocenters. The molecule has 0 amide bonds. The number of hydrogen-bond donors (Lipinski definition) is 2. The molecule has 0 radical (unpaired) electrons. The molecule has 3 N–H and O–H groups in total. The second kappa shape index (κ2) is 5.29. The van der Waals surface area contributed by atoms with E-state index in [1.807, 2.05) is 0 Å². The summed E-state index contributed by atoms with van der Waals surface area (Å²) in [5.74, 6) is 0. The van der Waals surface area contributed by atoms with Crippen molar-refractivity contribution >= 4 is 40.6 Å². The normalized spacial score (nSPS) is 9.62. The summed E-state index contributed by atoms with van der Waals surface area (Å²) in [5.41, 5.74) is 5.75. The fraction of sp³-hybridized carbons (Fsp3) is 0. The maximum atomic E-state index is 10.5. The Labute approximate surface area is 88.7 Å². The van der Waals surface area contributed by atoms with Gasteiger partial charge < -0.3 is 5.73 Å². The van der Waals surface area contributed by atoms with E-state index in [1.54, 1.807) is 0 Å². The minimum absolute atomic E-state index is 0. The summed E-state index contributed by atoms with van der Waals surface area (Å²) in [6.45, 7) is 0. The van der Waals surface area contributed by atoms with Gasteiger partial charge in [-0.05, 0) is 24.3 Å². The van der Waals surface area contributed by atoms with Crippen molar-refractivity contribution in [2.24, 2.45) is 0 Å². The van der Waals surface area contributed by atoms with E-state index < -0.39 is 10.1 Å². The molecule has 0 aliphatic rings. The largest absolute Gasteiger partial charge is 0.399 e. The lowest BCUT2D eigenvalue weighted by Crippen LogP contribution is -1.97. The molecule has 13 heavy (non-hydrogen) atoms. The molecule has 1 aromatic rings. The summed E-state index contributed by atoms with van der Waals surface area (Å²) < 4.78 is 29.4. The zero-order valence-corrected chi connectivity index (χ0v) is 8.82. The second-order valence-corrected chi connectivity index (χ2v) is 3.47. The molecular formula is C6H9Cl2NO3S. The SMILES string of the molecule is Cl.Cl.Nc1ccc(S(=O)(=O)O)cc1. The van der Waals surface area contributed by atoms with Crippen LogP contribution in [0, 0.1) is 0 Å². The van der Waals surface area contributed by atoms with Crippen LogP contribution in [-0.2, 0) is 10.1 Å². The average Bonchev–Trinajstić information content (AvgIpc) is 1.86. The summed E-state index contributed by atoms with van der Waals surface area (Å²) in [6, 6.07) is 5.29. The van der Waals surface area contributed by atoms with E-state index in [4.69, 9.17) is 10.3 Å². The van der Waals surface area contributed by atoms with E-state index >= 15 is 0 Å². The summed E-state index contributed by atoms with van der Waals surface area (Å²) in [4.78, 5) is -0.147. The number of benzene rings is 1. The van der Waals surface area contributed by atoms with Crippen molar-refractivity contribution in [2.45, 2.75) is 4.90 Å². The lowest BCUT2D eigenvalue weighted by Gasteiger charge is -1.95. The molecule has 1 rings (SSSR count). The number of nitrogen functional groups attached to an aromatic ring is 1. The number of halogens is 2. The minimum atomic E-state index is -4.08. The van der Waals surface area contributed by atoms with Crippen molar-refractivity contribution in [2.75, 3.05) is 5.73 Å². The Kier molecular flexibility index (Phi) is 6.10. The molecular weight excluding hydrogens is 237 g/mol. The molecule has 76 valence electrons. The van der Waals surface area contributed by atoms with Crippen molar-refractivity contribution in [1.82, 2.24) is 0 Å². The quantitative estimate of drug-likeness (QED) is 0.579. The Morgan fingerprint density at radius 3 is 1.77 bits per heavy atom. The van der Waals surface area contributed by atoms with Gasteiger partial charge in [-0.15, -0.1) is 24.8 Å². The Hall–Kier alpha value is -0.490. The van der Waals surface area contributed by atoms with Gasteiger partial charge in [-0.1, -0.05) is 0 Å². The fourth-order valence-electron chi connectivity index (χ4n) is 0.640. The van der Waals surface area contributed by atoms with Crippen molar-refractivity contribution in [3.05, 3.63) is 24.3 Å². The Balaban J connectivity index is 0. The first-order valence-electron chi connectivity index (χ1n) is 2.83. The molecule has 0 aliphatic carbocycles. The lowest BCUT2D eigenvalue weighted by molar-refractivity contribution is 0.483. The second-order valence-electron chi connectivity index (χ2n) is 2.04. The smallest absolute Gasteiger partial charge is 0.294 e. The molecule has 4 nitrogen and oxygen atoms in total. The van der Waals surface area contributed by atoms with Gasteiger partial charge in [0.25, 0.3) is 10.1 Å². The predicted octanol–water partition coefficient (Wildman–Crippen LogP) is 1.36. The number of nitrogens with two attached hydrogens (primary N) is 1. The maximum Gasteiger partial charge on any atom is 0.294 e. The summed E-state index contributed by atoms with van der Waals surface area (Å²) in [5, 5.41) is 0. The third-order valence-electron chi connectivity index (χ3n) is 1.18. The monoisotopic (exact) mass is 245 g/mol. The molecule has 0 atom stereocenters. The van der Waals surface area contributed by atoms with Gasteiger partial charge in [-0.2, -0.15) is 8.42 Å². The standard InChI is InChI=1S/C6H7NO3S.2ClH/c7-5-1-3-6(4-2-5)11(8,9)10;;/h1-4H,7H2,(H,8,9,10);2*1H. The van der Waals surface area contributed by atoms with Gasteiger partial charge in [-0.3, -0.25) is 4.55 Å². The van der Waals surface area contributed by atoms with E-state index in [0.29, 0.717) is 5.69 Å². The summed E-state index contributed by atoms with van der Waals surface area (Å²) in [7, 11) is -4.08. The van der Waals surface area contributed by atoms with Crippen LogP contribution in [0.2, 0.25) is 0 Å². The lowest BCUT2D eigenvalue weighted by atomic mass is 10.3. The van der Waals surface area contributed by atoms with Crippen LogP contribution in [0.3, 0.4) is 0 Å². The zero-order valence-electron chi connectivity index (χ0n) is 6.38. The van der Waals surface area contributed by atoms with E-state index in [0.717, 1.165) is 0 Å². The first-order chi connectivity index (χ1) is 5.00. The topological polar surface area (TPSA) is 80.4 Å². The highest BCUT2D eigenvalue weighted by Crippen LogP contribution is 2.10. The Bertz CT molecular complexity index is 349. The van der Waals surface area contributed by atoms with Crippen LogP contribution >= 0.6 is 24.8 Å². The molecule has 0 aromatic heterocycles. The highest BCUT2D eigenvalue weighted by atomic mass is 35.5.